The Labute approximate surface area is 134 Å². The van der Waals surface area contributed by atoms with Gasteiger partial charge in [0.25, 0.3) is 5.91 Å². The first kappa shape index (κ1) is 15.8. The number of aliphatic carboxylic acids is 1. The minimum absolute atomic E-state index is 0.0348. The molecule has 0 aromatic carbocycles. The number of amides is 1. The van der Waals surface area contributed by atoms with Crippen molar-refractivity contribution in [2.24, 2.45) is 11.3 Å². The quantitative estimate of drug-likeness (QED) is 0.836. The number of carboxylic acid groups (broad SMARTS) is 1. The number of Topliss-reactive ketones (excluding diaryl/α,β-unsaturated/α-hetero) is 1. The summed E-state index contributed by atoms with van der Waals surface area (Å²) in [6.07, 6.45) is 2.41. The fourth-order valence-electron chi connectivity index (χ4n) is 4.44. The molecule has 23 heavy (non-hydrogen) atoms. The van der Waals surface area contributed by atoms with Crippen LogP contribution >= 0.6 is 0 Å². The number of likely N-dealkylation sites (tertiary alicyclic amines) is 1. The van der Waals surface area contributed by atoms with Crippen molar-refractivity contribution >= 4 is 17.7 Å². The van der Waals surface area contributed by atoms with E-state index in [1.54, 1.807) is 18.7 Å². The van der Waals surface area contributed by atoms with E-state index in [4.69, 9.17) is 0 Å². The highest BCUT2D eigenvalue weighted by molar-refractivity contribution is 6.02. The number of aromatic amines is 1. The highest BCUT2D eigenvalue weighted by Gasteiger charge is 2.56. The molecule has 0 bridgehead atoms. The van der Waals surface area contributed by atoms with Gasteiger partial charge in [0.2, 0.25) is 0 Å². The summed E-state index contributed by atoms with van der Waals surface area (Å²) < 4.78 is 0. The molecule has 124 valence electrons. The molecule has 1 aliphatic heterocycles. The van der Waals surface area contributed by atoms with Crippen LogP contribution in [0.1, 0.15) is 58.3 Å². The zero-order valence-corrected chi connectivity index (χ0v) is 13.7. The number of rotatable bonds is 3. The third-order valence-corrected chi connectivity index (χ3v) is 5.59. The Balaban J connectivity index is 1.90. The molecule has 0 radical (unpaired) electrons. The number of fused-ring (bicyclic) bond motifs is 1. The molecule has 1 saturated heterocycles. The number of nitrogens with zero attached hydrogens (tertiary/aromatic N) is 1. The molecule has 1 aromatic rings. The van der Waals surface area contributed by atoms with E-state index in [0.29, 0.717) is 35.5 Å². The molecular formula is C17H22N2O4. The maximum atomic E-state index is 12.8. The largest absolute Gasteiger partial charge is 0.481 e. The highest BCUT2D eigenvalue weighted by Crippen LogP contribution is 2.49. The van der Waals surface area contributed by atoms with Gasteiger partial charge in [0.1, 0.15) is 5.69 Å². The van der Waals surface area contributed by atoms with E-state index < -0.39 is 11.4 Å². The highest BCUT2D eigenvalue weighted by atomic mass is 16.4. The third-order valence-electron chi connectivity index (χ3n) is 5.59. The van der Waals surface area contributed by atoms with E-state index in [0.717, 1.165) is 12.8 Å². The minimum Gasteiger partial charge on any atom is -0.481 e. The number of carbonyl (C=O) groups excluding carboxylic acids is 2. The van der Waals surface area contributed by atoms with Crippen LogP contribution in [0.2, 0.25) is 0 Å². The lowest BCUT2D eigenvalue weighted by Crippen LogP contribution is -2.37. The monoisotopic (exact) mass is 318 g/mol. The van der Waals surface area contributed by atoms with Crippen molar-refractivity contribution in [2.45, 2.75) is 40.0 Å². The molecule has 6 heteroatoms. The van der Waals surface area contributed by atoms with Crippen LogP contribution in [0.5, 0.6) is 0 Å². The average molecular weight is 318 g/mol. The van der Waals surface area contributed by atoms with Gasteiger partial charge in [0, 0.05) is 24.3 Å². The number of aromatic nitrogens is 1. The van der Waals surface area contributed by atoms with Gasteiger partial charge in [-0.1, -0.05) is 6.42 Å². The van der Waals surface area contributed by atoms with Gasteiger partial charge in [-0.3, -0.25) is 14.4 Å². The summed E-state index contributed by atoms with van der Waals surface area (Å²) in [5.74, 6) is -1.03. The summed E-state index contributed by atoms with van der Waals surface area (Å²) in [5.41, 5.74) is 1.52. The molecule has 3 rings (SSSR count). The van der Waals surface area contributed by atoms with Crippen LogP contribution in [0.4, 0.5) is 0 Å². The van der Waals surface area contributed by atoms with Crippen molar-refractivity contribution in [1.82, 2.24) is 9.88 Å². The molecule has 2 heterocycles. The summed E-state index contributed by atoms with van der Waals surface area (Å²) in [4.78, 5) is 41.0. The summed E-state index contributed by atoms with van der Waals surface area (Å²) in [7, 11) is 0. The van der Waals surface area contributed by atoms with Crippen LogP contribution in [0.25, 0.3) is 0 Å². The van der Waals surface area contributed by atoms with Crippen molar-refractivity contribution in [3.05, 3.63) is 22.5 Å². The van der Waals surface area contributed by atoms with Gasteiger partial charge >= 0.3 is 5.97 Å². The van der Waals surface area contributed by atoms with E-state index >= 15 is 0 Å². The maximum Gasteiger partial charge on any atom is 0.311 e. The van der Waals surface area contributed by atoms with Crippen molar-refractivity contribution in [1.29, 1.82) is 0 Å². The molecule has 1 amide bonds. The number of aryl methyl sites for hydroxylation is 1. The Morgan fingerprint density at radius 3 is 2.52 bits per heavy atom. The second kappa shape index (κ2) is 5.22. The molecule has 1 aromatic heterocycles. The Morgan fingerprint density at radius 1 is 1.30 bits per heavy atom. The van der Waals surface area contributed by atoms with Gasteiger partial charge in [-0.25, -0.2) is 0 Å². The number of carboxylic acids is 1. The number of nitrogens with one attached hydrogen (secondary N) is 1. The lowest BCUT2D eigenvalue weighted by Gasteiger charge is -2.23. The molecule has 0 unspecified atom stereocenters. The number of ketones is 1. The first-order valence-corrected chi connectivity index (χ1v) is 8.00. The van der Waals surface area contributed by atoms with Gasteiger partial charge in [-0.05, 0) is 45.1 Å². The molecule has 2 aliphatic rings. The van der Waals surface area contributed by atoms with Crippen molar-refractivity contribution in [2.75, 3.05) is 13.1 Å². The number of carbonyl (C=O) groups is 3. The Bertz CT molecular complexity index is 706. The molecule has 1 saturated carbocycles. The van der Waals surface area contributed by atoms with Gasteiger partial charge in [-0.15, -0.1) is 0 Å². The maximum absolute atomic E-state index is 12.8. The van der Waals surface area contributed by atoms with Crippen molar-refractivity contribution in [3.8, 4) is 0 Å². The smallest absolute Gasteiger partial charge is 0.311 e. The van der Waals surface area contributed by atoms with E-state index in [9.17, 15) is 19.5 Å². The molecule has 6 nitrogen and oxygen atoms in total. The number of hydrogen-bond donors (Lipinski definition) is 2. The second-order valence-electron chi connectivity index (χ2n) is 6.92. The summed E-state index contributed by atoms with van der Waals surface area (Å²) >= 11 is 0. The fraction of sp³-hybridized carbons (Fsp3) is 0.588. The molecule has 2 atom stereocenters. The standard InChI is InChI=1S/C17H22N2O4/c1-9-13(11(3)20)10(2)18-14(9)15(21)19-7-12-5-4-6-17(12,8-19)16(22)23/h12,18H,4-8H2,1-3H3,(H,22,23)/t12-,17+/m0/s1. The third kappa shape index (κ3) is 2.19. The van der Waals surface area contributed by atoms with Crippen molar-refractivity contribution in [3.63, 3.8) is 0 Å². The first-order valence-electron chi connectivity index (χ1n) is 8.00. The average Bonchev–Trinajstić information content (AvgIpc) is 3.08. The van der Waals surface area contributed by atoms with E-state index in [1.165, 1.54) is 6.92 Å². The van der Waals surface area contributed by atoms with Crippen LogP contribution in [-0.4, -0.2) is 45.7 Å². The van der Waals surface area contributed by atoms with Gasteiger partial charge in [-0.2, -0.15) is 0 Å². The van der Waals surface area contributed by atoms with Crippen LogP contribution in [0.15, 0.2) is 0 Å². The van der Waals surface area contributed by atoms with Crippen LogP contribution in [0, 0.1) is 25.2 Å². The normalized spacial score (nSPS) is 26.4. The summed E-state index contributed by atoms with van der Waals surface area (Å²) in [6.45, 7) is 5.77. The van der Waals surface area contributed by atoms with Gasteiger partial charge < -0.3 is 15.0 Å². The van der Waals surface area contributed by atoms with Crippen LogP contribution in [-0.2, 0) is 4.79 Å². The molecule has 1 aliphatic carbocycles. The Hall–Kier alpha value is -2.11. The Morgan fingerprint density at radius 2 is 2.00 bits per heavy atom. The lowest BCUT2D eigenvalue weighted by atomic mass is 9.81. The first-order chi connectivity index (χ1) is 10.8. The molecule has 0 spiro atoms. The number of H-pyrrole nitrogens is 1. The molecular weight excluding hydrogens is 296 g/mol. The van der Waals surface area contributed by atoms with E-state index in [-0.39, 0.29) is 24.2 Å². The fourth-order valence-corrected chi connectivity index (χ4v) is 4.44. The molecule has 2 fully saturated rings. The second-order valence-corrected chi connectivity index (χ2v) is 6.92. The van der Waals surface area contributed by atoms with Crippen molar-refractivity contribution < 1.29 is 19.5 Å². The zero-order valence-electron chi connectivity index (χ0n) is 13.7. The predicted molar refractivity (Wildman–Crippen MR) is 83.6 cm³/mol. The van der Waals surface area contributed by atoms with E-state index in [2.05, 4.69) is 4.98 Å². The van der Waals surface area contributed by atoms with E-state index in [1.807, 2.05) is 0 Å². The van der Waals surface area contributed by atoms with Crippen LogP contribution in [0.3, 0.4) is 0 Å². The lowest BCUT2D eigenvalue weighted by molar-refractivity contribution is -0.149. The van der Waals surface area contributed by atoms with Gasteiger partial charge in [0.05, 0.1) is 5.41 Å². The zero-order chi connectivity index (χ0) is 16.9. The summed E-state index contributed by atoms with van der Waals surface area (Å²) in [5, 5.41) is 9.63. The minimum atomic E-state index is -0.792. The molecule has 2 N–H and O–H groups in total. The van der Waals surface area contributed by atoms with Gasteiger partial charge in [0.15, 0.2) is 5.78 Å². The topological polar surface area (TPSA) is 90.5 Å². The predicted octanol–water partition coefficient (Wildman–Crippen LogP) is 2.16. The van der Waals surface area contributed by atoms with Crippen LogP contribution < -0.4 is 0 Å². The summed E-state index contributed by atoms with van der Waals surface area (Å²) in [6, 6.07) is 0. The number of hydrogen-bond acceptors (Lipinski definition) is 3. The Kier molecular flexibility index (Phi) is 3.58. The SMILES string of the molecule is CC(=O)c1c(C)[nH]c(C(=O)N2C[C@@H]3CCC[C@@]3(C(=O)O)C2)c1C.